The van der Waals surface area contributed by atoms with E-state index in [1.165, 1.54) is 36.4 Å². The first-order valence-corrected chi connectivity index (χ1v) is 17.3. The molecule has 352 valence electrons. The van der Waals surface area contributed by atoms with Gasteiger partial charge >= 0.3 is 29.8 Å². The zero-order valence-electron chi connectivity index (χ0n) is 58.7. The third-order valence-electron chi connectivity index (χ3n) is 7.36. The Morgan fingerprint density at radius 1 is 0.672 bits per heavy atom. The Balaban J connectivity index is 0.000000652. The number of carboxylic acid groups (broad SMARTS) is 6. The zero-order chi connectivity index (χ0) is 70.8. The third-order valence-corrected chi connectivity index (χ3v) is 7.36. The number of rotatable bonds is 22. The summed E-state index contributed by atoms with van der Waals surface area (Å²) in [6, 6.07) is 17.8. The fourth-order valence-corrected chi connectivity index (χ4v) is 4.58. The predicted octanol–water partition coefficient (Wildman–Crippen LogP) is 1.83. The first-order valence-electron chi connectivity index (χ1n) is 30.3. The maximum absolute atomic E-state index is 10.3. The van der Waals surface area contributed by atoms with E-state index in [2.05, 4.69) is 10.2 Å². The summed E-state index contributed by atoms with van der Waals surface area (Å²) in [5.74, 6) is -13.1. The monoisotopic (exact) mass is 927 g/mol. The molecule has 2 heterocycles. The van der Waals surface area contributed by atoms with E-state index in [-0.39, 0.29) is 22.5 Å². The topological polar surface area (TPSA) is 324 Å². The van der Waals surface area contributed by atoms with Crippen LogP contribution in [0.5, 0.6) is 0 Å². The molecule has 4 aromatic rings. The number of aromatic nitrogens is 4. The van der Waals surface area contributed by atoms with E-state index in [1.54, 1.807) is 36.4 Å². The van der Waals surface area contributed by atoms with Gasteiger partial charge in [-0.2, -0.15) is 10.2 Å². The minimum Gasteiger partial charge on any atom is -0.550 e. The molecule has 0 saturated carbocycles. The predicted molar refractivity (Wildman–Crippen MR) is 224 cm³/mol. The van der Waals surface area contributed by atoms with Gasteiger partial charge in [0.1, 0.15) is 12.2 Å². The molecule has 0 bridgehead atoms. The molecule has 0 spiro atoms. The van der Waals surface area contributed by atoms with E-state index >= 15 is 0 Å². The number of carboxylic acids is 6. The second-order valence-electron chi connectivity index (χ2n) is 12.3. The Bertz CT molecular complexity index is 2790. The molecule has 0 radical (unpaired) electrons. The van der Waals surface area contributed by atoms with Crippen LogP contribution in [-0.4, -0.2) is 141 Å². The third kappa shape index (κ3) is 20.6. The number of hydrogen-bond acceptors (Lipinski definition) is 14. The fourth-order valence-electron chi connectivity index (χ4n) is 4.58. The second kappa shape index (κ2) is 27.5. The number of hydrogen-bond donors (Lipinski definition) is 7. The van der Waals surface area contributed by atoms with Crippen LogP contribution in [0.15, 0.2) is 85.2 Å². The highest BCUT2D eigenvalue weighted by Gasteiger charge is 2.41. The van der Waals surface area contributed by atoms with Gasteiger partial charge in [-0.05, 0) is 49.5 Å². The van der Waals surface area contributed by atoms with Crippen molar-refractivity contribution in [3.05, 3.63) is 108 Å². The van der Waals surface area contributed by atoms with Crippen molar-refractivity contribution in [2.45, 2.75) is 69.2 Å². The van der Waals surface area contributed by atoms with Gasteiger partial charge in [0.15, 0.2) is 11.2 Å². The Kier molecular flexibility index (Phi) is 11.3. The van der Waals surface area contributed by atoms with Crippen molar-refractivity contribution in [1.82, 2.24) is 24.5 Å². The van der Waals surface area contributed by atoms with E-state index in [0.29, 0.717) is 9.36 Å². The summed E-state index contributed by atoms with van der Waals surface area (Å²) >= 11 is 0. The van der Waals surface area contributed by atoms with Crippen LogP contribution < -0.4 is 5.11 Å². The molecule has 2 aromatic heterocycles. The highest BCUT2D eigenvalue weighted by Crippen LogP contribution is 2.27. The van der Waals surface area contributed by atoms with Gasteiger partial charge in [-0.1, -0.05) is 74.4 Å². The van der Waals surface area contributed by atoms with Gasteiger partial charge in [-0.3, -0.25) is 23.7 Å². The molecule has 64 heavy (non-hydrogen) atoms. The smallest absolute Gasteiger partial charge is 0.336 e. The van der Waals surface area contributed by atoms with Gasteiger partial charge in [0, 0.05) is 81.9 Å². The fraction of sp³-hybridized carbons (Fsp3) is 0.442. The molecule has 0 saturated heterocycles. The maximum atomic E-state index is 10.3. The van der Waals surface area contributed by atoms with Crippen molar-refractivity contribution < 1.29 is 115 Å². The molecule has 3 unspecified atom stereocenters. The maximum Gasteiger partial charge on any atom is 0.336 e. The second-order valence-corrected chi connectivity index (χ2v) is 12.3. The molecular formula is C43H58N5O16-. The number of benzene rings is 2. The van der Waals surface area contributed by atoms with Crippen LogP contribution in [0.25, 0.3) is 0 Å². The first-order chi connectivity index (χ1) is 40.2. The minimum absolute atomic E-state index is 0.157. The summed E-state index contributed by atoms with van der Waals surface area (Å²) in [5, 5.41) is 76.7. The van der Waals surface area contributed by atoms with Crippen LogP contribution in [-0.2, 0) is 52.2 Å². The quantitative estimate of drug-likeness (QED) is 0.0591. The first kappa shape index (κ1) is 26.3. The molecule has 21 heteroatoms. The summed E-state index contributed by atoms with van der Waals surface area (Å²) in [7, 11) is 0. The van der Waals surface area contributed by atoms with Crippen molar-refractivity contribution in [2.24, 2.45) is 19.9 Å². The summed E-state index contributed by atoms with van der Waals surface area (Å²) in [6.45, 7) is -30.1. The molecular weight excluding hydrogens is 842 g/mol. The number of carbonyl (C=O) groups is 6. The number of aliphatic hydroxyl groups is 2. The number of nitrogens with zero attached hydrogens (tertiary/aromatic N) is 5. The molecule has 2 aromatic carbocycles. The SMILES string of the molecule is O=C(O)CC(O)(CC(=O)O)C(=O)O.O=C([O-])CC(O)(CC(=O)O)C(=O)O.[2H]C([2H])([2H])C(C([2H])([2H])[2H])C([2H])([2H])C([2H])([2H])OC(c1ccccc1)c1ccnn1C([2H])([2H])[2H].[2H]C([2H])([2H])N(C([2H])([2H])[2H])C([2H])([2H])C([2H])([2H])OC(c1ccccc1)c1ccnn1C([2H])([2H])[2H]. The van der Waals surface area contributed by atoms with Crippen LogP contribution in [0.1, 0.15) is 116 Å². The van der Waals surface area contributed by atoms with Crippen molar-refractivity contribution in [1.29, 1.82) is 0 Å². The van der Waals surface area contributed by atoms with Gasteiger partial charge in [0.25, 0.3) is 0 Å². The number of ether oxygens (including phenoxy) is 2. The van der Waals surface area contributed by atoms with E-state index in [4.69, 9.17) is 80.9 Å². The van der Waals surface area contributed by atoms with Crippen molar-refractivity contribution in [3.63, 3.8) is 0 Å². The lowest BCUT2D eigenvalue weighted by atomic mass is 9.96. The van der Waals surface area contributed by atoms with E-state index in [0.717, 1.165) is 12.4 Å². The van der Waals surface area contributed by atoms with Crippen LogP contribution in [0.2, 0.25) is 0 Å². The average molecular weight is 927 g/mol. The summed E-state index contributed by atoms with van der Waals surface area (Å²) in [6.07, 6.45) is -9.10. The Morgan fingerprint density at radius 3 is 1.42 bits per heavy atom. The lowest BCUT2D eigenvalue weighted by Crippen LogP contribution is -2.45. The number of aryl methyl sites for hydroxylation is 2. The van der Waals surface area contributed by atoms with Crippen molar-refractivity contribution in [3.8, 4) is 0 Å². The molecule has 0 aliphatic rings. The molecule has 0 fully saturated rings. The van der Waals surface area contributed by atoms with Gasteiger partial charge < -0.3 is 60.0 Å². The van der Waals surface area contributed by atoms with Crippen LogP contribution in [0, 0.1) is 5.92 Å². The molecule has 0 aliphatic heterocycles. The summed E-state index contributed by atoms with van der Waals surface area (Å²) < 4.78 is 213. The van der Waals surface area contributed by atoms with E-state index < -0.39 is 163 Å². The number of carbonyl (C=O) groups excluding carboxylic acids is 1. The molecule has 21 nitrogen and oxygen atoms in total. The molecule has 0 amide bonds. The minimum atomic E-state index is -3.69. The molecule has 7 N–H and O–H groups in total. The highest BCUT2D eigenvalue weighted by molar-refractivity contribution is 5.88. The van der Waals surface area contributed by atoms with Crippen LogP contribution in [0.4, 0.5) is 0 Å². The molecule has 4 rings (SSSR count). The zero-order valence-corrected chi connectivity index (χ0v) is 32.7. The van der Waals surface area contributed by atoms with Gasteiger partial charge in [-0.25, -0.2) is 9.59 Å². The normalized spacial score (nSPS) is 20.9. The summed E-state index contributed by atoms with van der Waals surface area (Å²) in [5.41, 5.74) is -5.45. The van der Waals surface area contributed by atoms with E-state index in [9.17, 15) is 33.9 Å². The van der Waals surface area contributed by atoms with Crippen molar-refractivity contribution in [2.75, 3.05) is 33.6 Å². The molecule has 3 atom stereocenters. The van der Waals surface area contributed by atoms with Crippen LogP contribution >= 0.6 is 0 Å². The Hall–Kier alpha value is -6.52. The van der Waals surface area contributed by atoms with E-state index in [1.807, 2.05) is 0 Å². The lowest BCUT2D eigenvalue weighted by Gasteiger charge is -2.21. The van der Waals surface area contributed by atoms with Gasteiger partial charge in [0.2, 0.25) is 0 Å². The largest absolute Gasteiger partial charge is 0.550 e. The van der Waals surface area contributed by atoms with Crippen LogP contribution in [0.3, 0.4) is 0 Å². The van der Waals surface area contributed by atoms with Gasteiger partial charge in [-0.15, -0.1) is 0 Å². The Labute approximate surface area is 406 Å². The van der Waals surface area contributed by atoms with Gasteiger partial charge in [0.05, 0.1) is 42.7 Å². The highest BCUT2D eigenvalue weighted by atomic mass is 16.5. The summed E-state index contributed by atoms with van der Waals surface area (Å²) in [4.78, 5) is 60.3. The number of likely N-dealkylation sites (N-methyl/N-ethyl adjacent to an activating group) is 1. The number of aliphatic carboxylic acids is 6. The lowest BCUT2D eigenvalue weighted by molar-refractivity contribution is -0.309. The van der Waals surface area contributed by atoms with Crippen molar-refractivity contribution >= 4 is 35.8 Å². The standard InChI is InChI=1S/C16H22N2O.C15H21N3O.2C6H8O7/c1-13(2)10-12-19-16(14-7-5-4-6-8-14)15-9-11-17-18(15)3;1-17(2)11-12-19-15(13-7-5-4-6-8-13)14-9-10-16-18(14)3;2*7-3(8)1-6(13,5(11)12)2-4(9)10/h4-9,11,13,16H,10,12H2,1-3H3;4-10,15H,11-12H2,1-3H3;2*13H,1-2H2,(H,7,8)(H,9,10)(H,11,12)/p-1/i1D3,2D3,3D3,10D2,12D2;1D3,2D3,3D3,11D2,12D2;;. The molecule has 0 aliphatic carbocycles. The average Bonchev–Trinajstić information content (AvgIpc) is 0.782. The Morgan fingerprint density at radius 2 is 1.08 bits per heavy atom.